The van der Waals surface area contributed by atoms with Crippen molar-refractivity contribution in [1.29, 1.82) is 0 Å². The summed E-state index contributed by atoms with van der Waals surface area (Å²) in [7, 11) is 0. The largest absolute Gasteiger partial charge is 0.332 e. The van der Waals surface area contributed by atoms with Crippen LogP contribution in [0.25, 0.3) is 11.3 Å². The lowest BCUT2D eigenvalue weighted by Gasteiger charge is -2.05. The van der Waals surface area contributed by atoms with Crippen molar-refractivity contribution < 1.29 is 0 Å². The van der Waals surface area contributed by atoms with E-state index < -0.39 is 0 Å². The monoisotopic (exact) mass is 337 g/mol. The number of pyridine rings is 1. The van der Waals surface area contributed by atoms with Gasteiger partial charge in [0.05, 0.1) is 5.69 Å². The van der Waals surface area contributed by atoms with E-state index >= 15 is 0 Å². The molecular formula is C20H23N3S. The molecule has 0 aliphatic heterocycles. The maximum absolute atomic E-state index is 4.64. The Labute approximate surface area is 147 Å². The quantitative estimate of drug-likeness (QED) is 0.507. The molecule has 0 amide bonds. The summed E-state index contributed by atoms with van der Waals surface area (Å²) in [6.45, 7) is 2.25. The molecule has 0 radical (unpaired) electrons. The highest BCUT2D eigenvalue weighted by Gasteiger charge is 2.05. The van der Waals surface area contributed by atoms with Crippen LogP contribution in [0.4, 0.5) is 10.8 Å². The van der Waals surface area contributed by atoms with Gasteiger partial charge >= 0.3 is 0 Å². The molecule has 1 N–H and O–H groups in total. The van der Waals surface area contributed by atoms with Gasteiger partial charge in [-0.05, 0) is 42.7 Å². The number of hydrogen-bond donors (Lipinski definition) is 1. The van der Waals surface area contributed by atoms with Gasteiger partial charge in [-0.1, -0.05) is 38.3 Å². The fourth-order valence-electron chi connectivity index (χ4n) is 2.61. The topological polar surface area (TPSA) is 37.8 Å². The standard InChI is InChI=1S/C20H23N3S/c1-2-3-4-5-7-16-9-11-18(12-10-16)22-20-23-19(15-24-20)17-8-6-13-21-14-17/h6,8-15H,2-5,7H2,1H3,(H,22,23). The number of unbranched alkanes of at least 4 members (excludes halogenated alkanes) is 3. The Bertz CT molecular complexity index is 735. The third kappa shape index (κ3) is 4.65. The number of nitrogens with one attached hydrogen (secondary N) is 1. The molecule has 0 spiro atoms. The number of nitrogens with zero attached hydrogens (tertiary/aromatic N) is 2. The average Bonchev–Trinajstić information content (AvgIpc) is 3.09. The zero-order valence-corrected chi connectivity index (χ0v) is 14.9. The van der Waals surface area contributed by atoms with Crippen molar-refractivity contribution in [1.82, 2.24) is 9.97 Å². The minimum atomic E-state index is 0.907. The molecule has 1 aromatic carbocycles. The molecular weight excluding hydrogens is 314 g/mol. The lowest BCUT2D eigenvalue weighted by Crippen LogP contribution is -1.91. The maximum Gasteiger partial charge on any atom is 0.187 e. The number of benzene rings is 1. The SMILES string of the molecule is CCCCCCc1ccc(Nc2nc(-c3cccnc3)cs2)cc1. The van der Waals surface area contributed by atoms with Gasteiger partial charge in [-0.15, -0.1) is 11.3 Å². The minimum absolute atomic E-state index is 0.907. The highest BCUT2D eigenvalue weighted by molar-refractivity contribution is 7.14. The number of hydrogen-bond acceptors (Lipinski definition) is 4. The molecule has 0 saturated heterocycles. The van der Waals surface area contributed by atoms with Crippen LogP contribution in [-0.2, 0) is 6.42 Å². The van der Waals surface area contributed by atoms with E-state index in [-0.39, 0.29) is 0 Å². The van der Waals surface area contributed by atoms with Crippen LogP contribution in [0.15, 0.2) is 54.2 Å². The second kappa shape index (κ2) is 8.60. The summed E-state index contributed by atoms with van der Waals surface area (Å²) in [5.74, 6) is 0. The molecule has 3 rings (SSSR count). The van der Waals surface area contributed by atoms with Gasteiger partial charge < -0.3 is 5.32 Å². The third-order valence-corrected chi connectivity index (χ3v) is 4.74. The van der Waals surface area contributed by atoms with E-state index in [1.807, 2.05) is 18.3 Å². The lowest BCUT2D eigenvalue weighted by atomic mass is 10.1. The maximum atomic E-state index is 4.64. The van der Waals surface area contributed by atoms with Gasteiger partial charge in [-0.2, -0.15) is 0 Å². The van der Waals surface area contributed by atoms with Crippen molar-refractivity contribution >= 4 is 22.2 Å². The summed E-state index contributed by atoms with van der Waals surface area (Å²) in [5.41, 5.74) is 4.50. The summed E-state index contributed by atoms with van der Waals surface area (Å²) >= 11 is 1.61. The molecule has 0 aliphatic rings. The van der Waals surface area contributed by atoms with Crippen molar-refractivity contribution in [2.45, 2.75) is 39.0 Å². The second-order valence-electron chi connectivity index (χ2n) is 5.91. The summed E-state index contributed by atoms with van der Waals surface area (Å²) in [6, 6.07) is 12.7. The molecule has 124 valence electrons. The van der Waals surface area contributed by atoms with Crippen molar-refractivity contribution in [3.63, 3.8) is 0 Å². The normalized spacial score (nSPS) is 10.7. The van der Waals surface area contributed by atoms with Crippen molar-refractivity contribution in [2.24, 2.45) is 0 Å². The molecule has 0 bridgehead atoms. The van der Waals surface area contributed by atoms with Crippen LogP contribution >= 0.6 is 11.3 Å². The Morgan fingerprint density at radius 1 is 1.04 bits per heavy atom. The Hall–Kier alpha value is -2.20. The van der Waals surface area contributed by atoms with Crippen molar-refractivity contribution in [3.8, 4) is 11.3 Å². The summed E-state index contributed by atoms with van der Waals surface area (Å²) in [6.07, 6.45) is 10.0. The summed E-state index contributed by atoms with van der Waals surface area (Å²) < 4.78 is 0. The molecule has 0 saturated carbocycles. The van der Waals surface area contributed by atoms with Crippen LogP contribution in [-0.4, -0.2) is 9.97 Å². The Kier molecular flexibility index (Phi) is 5.96. The summed E-state index contributed by atoms with van der Waals surface area (Å²) in [4.78, 5) is 8.78. The second-order valence-corrected chi connectivity index (χ2v) is 6.77. The number of aromatic nitrogens is 2. The Morgan fingerprint density at radius 3 is 2.67 bits per heavy atom. The first-order valence-corrected chi connectivity index (χ1v) is 9.45. The first-order chi connectivity index (χ1) is 11.8. The first kappa shape index (κ1) is 16.7. The van der Waals surface area contributed by atoms with E-state index in [1.165, 1.54) is 37.7 Å². The predicted molar refractivity (Wildman–Crippen MR) is 103 cm³/mol. The van der Waals surface area contributed by atoms with Gasteiger partial charge in [0.15, 0.2) is 5.13 Å². The predicted octanol–water partition coefficient (Wildman–Crippen LogP) is 6.07. The molecule has 3 aromatic rings. The lowest BCUT2D eigenvalue weighted by molar-refractivity contribution is 0.667. The first-order valence-electron chi connectivity index (χ1n) is 8.57. The fourth-order valence-corrected chi connectivity index (χ4v) is 3.35. The van der Waals surface area contributed by atoms with Crippen molar-refractivity contribution in [2.75, 3.05) is 5.32 Å². The molecule has 2 aromatic heterocycles. The van der Waals surface area contributed by atoms with Crippen LogP contribution in [0.3, 0.4) is 0 Å². The number of aryl methyl sites for hydroxylation is 1. The van der Waals surface area contributed by atoms with Crippen LogP contribution in [0, 0.1) is 0 Å². The molecule has 0 atom stereocenters. The molecule has 0 unspecified atom stereocenters. The van der Waals surface area contributed by atoms with Gasteiger partial charge in [0.2, 0.25) is 0 Å². The van der Waals surface area contributed by atoms with Gasteiger partial charge in [-0.3, -0.25) is 4.98 Å². The van der Waals surface area contributed by atoms with Gasteiger partial charge in [0.25, 0.3) is 0 Å². The molecule has 4 heteroatoms. The van der Waals surface area contributed by atoms with E-state index in [1.54, 1.807) is 17.5 Å². The molecule has 2 heterocycles. The van der Waals surface area contributed by atoms with Gasteiger partial charge in [-0.25, -0.2) is 4.98 Å². The third-order valence-electron chi connectivity index (χ3n) is 3.99. The molecule has 24 heavy (non-hydrogen) atoms. The van der Waals surface area contributed by atoms with Crippen LogP contribution in [0.1, 0.15) is 38.2 Å². The van der Waals surface area contributed by atoms with Crippen molar-refractivity contribution in [3.05, 3.63) is 59.7 Å². The van der Waals surface area contributed by atoms with Crippen LogP contribution in [0.5, 0.6) is 0 Å². The minimum Gasteiger partial charge on any atom is -0.332 e. The fraction of sp³-hybridized carbons (Fsp3) is 0.300. The highest BCUT2D eigenvalue weighted by Crippen LogP contribution is 2.26. The zero-order chi connectivity index (χ0) is 16.6. The van der Waals surface area contributed by atoms with E-state index in [2.05, 4.69) is 51.9 Å². The number of thiazole rings is 1. The Balaban J connectivity index is 1.57. The highest BCUT2D eigenvalue weighted by atomic mass is 32.1. The van der Waals surface area contributed by atoms with E-state index in [0.717, 1.165) is 22.1 Å². The molecule has 0 aliphatic carbocycles. The Morgan fingerprint density at radius 2 is 1.92 bits per heavy atom. The average molecular weight is 337 g/mol. The molecule has 3 nitrogen and oxygen atoms in total. The van der Waals surface area contributed by atoms with Crippen LogP contribution < -0.4 is 5.32 Å². The summed E-state index contributed by atoms with van der Waals surface area (Å²) in [5, 5.41) is 6.35. The van der Waals surface area contributed by atoms with Gasteiger partial charge in [0.1, 0.15) is 0 Å². The van der Waals surface area contributed by atoms with E-state index in [0.29, 0.717) is 0 Å². The zero-order valence-electron chi connectivity index (χ0n) is 14.0. The van der Waals surface area contributed by atoms with E-state index in [9.17, 15) is 0 Å². The number of rotatable bonds is 8. The van der Waals surface area contributed by atoms with E-state index in [4.69, 9.17) is 0 Å². The number of anilines is 2. The smallest absolute Gasteiger partial charge is 0.187 e. The molecule has 0 fully saturated rings. The van der Waals surface area contributed by atoms with Gasteiger partial charge in [0, 0.05) is 29.0 Å². The van der Waals surface area contributed by atoms with Crippen LogP contribution in [0.2, 0.25) is 0 Å².